The van der Waals surface area contributed by atoms with Gasteiger partial charge in [0.25, 0.3) is 5.91 Å². The number of nitrogens with zero attached hydrogens (tertiary/aromatic N) is 3. The molecular weight excluding hydrogens is 316 g/mol. The summed E-state index contributed by atoms with van der Waals surface area (Å²) in [5.74, 6) is 1.90. The summed E-state index contributed by atoms with van der Waals surface area (Å²) < 4.78 is 5.63. The first-order valence-electron chi connectivity index (χ1n) is 8.81. The average Bonchev–Trinajstić information content (AvgIpc) is 2.63. The third kappa shape index (κ3) is 4.26. The molecule has 3 rings (SSSR count). The molecule has 132 valence electrons. The number of aromatic nitrogens is 2. The number of benzene rings is 1. The van der Waals surface area contributed by atoms with Gasteiger partial charge in [-0.05, 0) is 45.2 Å². The van der Waals surface area contributed by atoms with E-state index in [1.165, 1.54) is 6.42 Å². The van der Waals surface area contributed by atoms with Crippen molar-refractivity contribution in [1.82, 2.24) is 14.9 Å². The topological polar surface area (TPSA) is 67.3 Å². The van der Waals surface area contributed by atoms with Gasteiger partial charge in [-0.25, -0.2) is 9.97 Å². The fourth-order valence-electron chi connectivity index (χ4n) is 2.99. The zero-order valence-corrected chi connectivity index (χ0v) is 14.8. The highest BCUT2D eigenvalue weighted by atomic mass is 16.5. The molecule has 0 unspecified atom stereocenters. The Morgan fingerprint density at radius 3 is 2.72 bits per heavy atom. The molecule has 1 amide bonds. The van der Waals surface area contributed by atoms with Crippen molar-refractivity contribution in [2.45, 2.75) is 33.1 Å². The molecule has 1 aromatic heterocycles. The summed E-state index contributed by atoms with van der Waals surface area (Å²) in [7, 11) is 0. The van der Waals surface area contributed by atoms with Crippen LogP contribution in [-0.4, -0.2) is 40.5 Å². The van der Waals surface area contributed by atoms with Crippen LogP contribution in [0.3, 0.4) is 0 Å². The van der Waals surface area contributed by atoms with E-state index < -0.39 is 0 Å². The van der Waals surface area contributed by atoms with Gasteiger partial charge >= 0.3 is 0 Å². The minimum atomic E-state index is -0.0219. The van der Waals surface area contributed by atoms with Gasteiger partial charge in [-0.1, -0.05) is 12.1 Å². The van der Waals surface area contributed by atoms with Gasteiger partial charge in [0.1, 0.15) is 23.1 Å². The number of nitrogens with one attached hydrogen (secondary N) is 1. The number of likely N-dealkylation sites (tertiary alicyclic amines) is 1. The first-order valence-corrected chi connectivity index (χ1v) is 8.81. The van der Waals surface area contributed by atoms with Crippen molar-refractivity contribution in [3.63, 3.8) is 0 Å². The Morgan fingerprint density at radius 1 is 1.20 bits per heavy atom. The largest absolute Gasteiger partial charge is 0.492 e. The first-order chi connectivity index (χ1) is 12.2. The zero-order valence-electron chi connectivity index (χ0n) is 14.8. The van der Waals surface area contributed by atoms with Crippen molar-refractivity contribution in [2.75, 3.05) is 25.0 Å². The van der Waals surface area contributed by atoms with Crippen LogP contribution >= 0.6 is 0 Å². The van der Waals surface area contributed by atoms with Crippen molar-refractivity contribution >= 4 is 17.4 Å². The number of rotatable bonds is 5. The second kappa shape index (κ2) is 7.96. The number of carbonyl (C=O) groups is 1. The van der Waals surface area contributed by atoms with E-state index >= 15 is 0 Å². The molecule has 0 bridgehead atoms. The number of piperidine rings is 1. The molecule has 1 fully saturated rings. The van der Waals surface area contributed by atoms with Gasteiger partial charge < -0.3 is 15.0 Å². The monoisotopic (exact) mass is 340 g/mol. The molecule has 6 nitrogen and oxygen atoms in total. The minimum Gasteiger partial charge on any atom is -0.492 e. The summed E-state index contributed by atoms with van der Waals surface area (Å²) >= 11 is 0. The number of hydrogen-bond donors (Lipinski definition) is 1. The van der Waals surface area contributed by atoms with Crippen LogP contribution in [0.25, 0.3) is 0 Å². The number of aryl methyl sites for hydroxylation is 1. The molecule has 6 heteroatoms. The van der Waals surface area contributed by atoms with Crippen molar-refractivity contribution < 1.29 is 9.53 Å². The maximum absolute atomic E-state index is 12.7. The van der Waals surface area contributed by atoms with Gasteiger partial charge in [0.15, 0.2) is 0 Å². The van der Waals surface area contributed by atoms with Gasteiger partial charge in [-0.15, -0.1) is 0 Å². The van der Waals surface area contributed by atoms with E-state index in [9.17, 15) is 4.79 Å². The minimum absolute atomic E-state index is 0.0219. The summed E-state index contributed by atoms with van der Waals surface area (Å²) in [5, 5.41) is 3.25. The quantitative estimate of drug-likeness (QED) is 0.901. The van der Waals surface area contributed by atoms with Gasteiger partial charge in [-0.3, -0.25) is 4.79 Å². The molecular formula is C19H24N4O2. The maximum Gasteiger partial charge on any atom is 0.272 e. The summed E-state index contributed by atoms with van der Waals surface area (Å²) in [6.07, 6.45) is 3.30. The maximum atomic E-state index is 12.7. The molecule has 25 heavy (non-hydrogen) atoms. The Balaban J connectivity index is 1.83. The summed E-state index contributed by atoms with van der Waals surface area (Å²) in [4.78, 5) is 23.3. The van der Waals surface area contributed by atoms with Crippen LogP contribution in [0.2, 0.25) is 0 Å². The highest BCUT2D eigenvalue weighted by Gasteiger charge is 2.20. The van der Waals surface area contributed by atoms with E-state index in [2.05, 4.69) is 15.3 Å². The van der Waals surface area contributed by atoms with E-state index in [4.69, 9.17) is 4.74 Å². The molecule has 1 saturated heterocycles. The summed E-state index contributed by atoms with van der Waals surface area (Å²) in [6, 6.07) is 9.40. The Bertz CT molecular complexity index is 742. The lowest BCUT2D eigenvalue weighted by Crippen LogP contribution is -2.36. The van der Waals surface area contributed by atoms with Crippen LogP contribution < -0.4 is 10.1 Å². The Kier molecular flexibility index (Phi) is 5.48. The van der Waals surface area contributed by atoms with Crippen molar-refractivity contribution in [1.29, 1.82) is 0 Å². The Labute approximate surface area is 148 Å². The van der Waals surface area contributed by atoms with Crippen molar-refractivity contribution in [2.24, 2.45) is 0 Å². The van der Waals surface area contributed by atoms with Crippen LogP contribution in [0.1, 0.15) is 42.5 Å². The smallest absolute Gasteiger partial charge is 0.272 e. The predicted molar refractivity (Wildman–Crippen MR) is 97.4 cm³/mol. The lowest BCUT2D eigenvalue weighted by molar-refractivity contribution is 0.0718. The summed E-state index contributed by atoms with van der Waals surface area (Å²) in [5.41, 5.74) is 1.25. The second-order valence-electron chi connectivity index (χ2n) is 6.09. The zero-order chi connectivity index (χ0) is 17.6. The van der Waals surface area contributed by atoms with Crippen LogP contribution in [0.15, 0.2) is 30.3 Å². The molecule has 0 saturated carbocycles. The number of carbonyl (C=O) groups excluding carboxylic acids is 1. The Morgan fingerprint density at radius 2 is 1.96 bits per heavy atom. The highest BCUT2D eigenvalue weighted by molar-refractivity contribution is 5.93. The molecule has 2 heterocycles. The third-order valence-electron chi connectivity index (χ3n) is 4.15. The van der Waals surface area contributed by atoms with E-state index in [1.807, 2.05) is 36.1 Å². The fraction of sp³-hybridized carbons (Fsp3) is 0.421. The second-order valence-corrected chi connectivity index (χ2v) is 6.09. The number of amides is 1. The van der Waals surface area contributed by atoms with Crippen molar-refractivity contribution in [3.05, 3.63) is 41.9 Å². The lowest BCUT2D eigenvalue weighted by atomic mass is 10.1. The predicted octanol–water partition coefficient (Wildman–Crippen LogP) is 3.55. The van der Waals surface area contributed by atoms with Gasteiger partial charge in [0.2, 0.25) is 0 Å². The fourth-order valence-corrected chi connectivity index (χ4v) is 2.99. The van der Waals surface area contributed by atoms with Gasteiger partial charge in [0, 0.05) is 19.2 Å². The molecule has 2 aromatic rings. The van der Waals surface area contributed by atoms with E-state index in [0.717, 1.165) is 37.4 Å². The van der Waals surface area contributed by atoms with Crippen LogP contribution in [0.4, 0.5) is 11.5 Å². The normalized spacial score (nSPS) is 14.2. The Hall–Kier alpha value is -2.63. The molecule has 0 spiro atoms. The first kappa shape index (κ1) is 17.2. The molecule has 0 radical (unpaired) electrons. The van der Waals surface area contributed by atoms with E-state index in [1.54, 1.807) is 13.0 Å². The van der Waals surface area contributed by atoms with Gasteiger partial charge in [0.05, 0.1) is 12.3 Å². The average molecular weight is 340 g/mol. The van der Waals surface area contributed by atoms with Crippen LogP contribution in [0.5, 0.6) is 5.75 Å². The molecule has 0 atom stereocenters. The highest BCUT2D eigenvalue weighted by Crippen LogP contribution is 2.27. The SMILES string of the molecule is CCOc1ccccc1Nc1cc(C(=O)N2CCCCC2)nc(C)n1. The van der Waals surface area contributed by atoms with E-state index in [-0.39, 0.29) is 5.91 Å². The summed E-state index contributed by atoms with van der Waals surface area (Å²) in [6.45, 7) is 5.93. The number of anilines is 2. The molecule has 1 aliphatic heterocycles. The van der Waals surface area contributed by atoms with Crippen LogP contribution in [0, 0.1) is 6.92 Å². The van der Waals surface area contributed by atoms with Crippen molar-refractivity contribution in [3.8, 4) is 5.75 Å². The number of hydrogen-bond acceptors (Lipinski definition) is 5. The molecule has 1 aliphatic rings. The van der Waals surface area contributed by atoms with Gasteiger partial charge in [-0.2, -0.15) is 0 Å². The molecule has 1 aromatic carbocycles. The standard InChI is InChI=1S/C19H24N4O2/c1-3-25-17-10-6-5-9-15(17)22-18-13-16(20-14(2)21-18)19(24)23-11-7-4-8-12-23/h5-6,9-10,13H,3-4,7-8,11-12H2,1-2H3,(H,20,21,22). The molecule has 0 aliphatic carbocycles. The third-order valence-corrected chi connectivity index (χ3v) is 4.15. The lowest BCUT2D eigenvalue weighted by Gasteiger charge is -2.26. The van der Waals surface area contributed by atoms with E-state index in [0.29, 0.717) is 23.9 Å². The number of ether oxygens (including phenoxy) is 1. The number of para-hydroxylation sites is 2. The molecule has 1 N–H and O–H groups in total. The van der Waals surface area contributed by atoms with Crippen LogP contribution in [-0.2, 0) is 0 Å².